The highest BCUT2D eigenvalue weighted by Gasteiger charge is 2.41. The van der Waals surface area contributed by atoms with Gasteiger partial charge in [-0.05, 0) is 61.2 Å². The molecule has 0 unspecified atom stereocenters. The summed E-state index contributed by atoms with van der Waals surface area (Å²) < 4.78 is 43.1. The van der Waals surface area contributed by atoms with Gasteiger partial charge in [-0.25, -0.2) is 4.79 Å². The number of ether oxygens (including phenoxy) is 1. The Morgan fingerprint density at radius 2 is 1.59 bits per heavy atom. The third kappa shape index (κ3) is 7.86. The second-order valence-electron chi connectivity index (χ2n) is 8.22. The molecule has 1 saturated heterocycles. The van der Waals surface area contributed by atoms with Gasteiger partial charge in [-0.1, -0.05) is 12.1 Å². The monoisotopic (exact) mass is 478 g/mol. The number of piperidine rings is 1. The molecule has 0 spiro atoms. The predicted octanol–water partition coefficient (Wildman–Crippen LogP) is 4.70. The SMILES string of the molecule is NC(=O)OCCCC(=O)NCc1ccc(Nc2ccc(N3CCC(C(F)(F)F)CC3)cc2)cc1. The number of rotatable bonds is 9. The Balaban J connectivity index is 1.42. The van der Waals surface area contributed by atoms with E-state index in [1.54, 1.807) is 0 Å². The number of hydrogen-bond donors (Lipinski definition) is 3. The molecule has 1 fully saturated rings. The summed E-state index contributed by atoms with van der Waals surface area (Å²) in [6.45, 7) is 1.29. The molecule has 0 atom stereocenters. The van der Waals surface area contributed by atoms with E-state index in [0.29, 0.717) is 26.1 Å². The van der Waals surface area contributed by atoms with Crippen LogP contribution < -0.4 is 21.3 Å². The Labute approximate surface area is 196 Å². The highest BCUT2D eigenvalue weighted by molar-refractivity contribution is 5.76. The van der Waals surface area contributed by atoms with Gasteiger partial charge in [0.15, 0.2) is 0 Å². The van der Waals surface area contributed by atoms with Crippen LogP contribution in [0.25, 0.3) is 0 Å². The molecule has 1 aliphatic rings. The van der Waals surface area contributed by atoms with Crippen LogP contribution in [0, 0.1) is 5.92 Å². The molecule has 7 nitrogen and oxygen atoms in total. The fraction of sp³-hybridized carbons (Fsp3) is 0.417. The first kappa shape index (κ1) is 25.2. The molecule has 0 bridgehead atoms. The van der Waals surface area contributed by atoms with Crippen molar-refractivity contribution in [2.45, 2.75) is 38.4 Å². The van der Waals surface area contributed by atoms with Gasteiger partial charge in [0.1, 0.15) is 0 Å². The quantitative estimate of drug-likeness (QED) is 0.454. The van der Waals surface area contributed by atoms with Crippen molar-refractivity contribution < 1.29 is 27.5 Å². The van der Waals surface area contributed by atoms with Gasteiger partial charge in [0.05, 0.1) is 12.5 Å². The molecule has 0 aromatic heterocycles. The van der Waals surface area contributed by atoms with Crippen LogP contribution in [-0.2, 0) is 16.1 Å². The standard InChI is InChI=1S/C24H29F3N4O3/c25-24(26,27)18-11-13-31(14-12-18)21-9-7-20(8-10-21)30-19-5-3-17(4-6-19)16-29-22(32)2-1-15-34-23(28)33/h3-10,18,30H,1-2,11-16H2,(H2,28,33)(H,29,32). The summed E-state index contributed by atoms with van der Waals surface area (Å²) in [6, 6.07) is 15.2. The predicted molar refractivity (Wildman–Crippen MR) is 124 cm³/mol. The lowest BCUT2D eigenvalue weighted by molar-refractivity contribution is -0.179. The molecular weight excluding hydrogens is 449 g/mol. The molecule has 4 N–H and O–H groups in total. The van der Waals surface area contributed by atoms with Gasteiger partial charge in [-0.3, -0.25) is 4.79 Å². The summed E-state index contributed by atoms with van der Waals surface area (Å²) in [4.78, 5) is 24.3. The number of benzene rings is 2. The molecule has 3 rings (SSSR count). The smallest absolute Gasteiger partial charge is 0.404 e. The van der Waals surface area contributed by atoms with Crippen molar-refractivity contribution in [3.63, 3.8) is 0 Å². The van der Waals surface area contributed by atoms with E-state index in [1.807, 2.05) is 53.4 Å². The number of nitrogens with one attached hydrogen (secondary N) is 2. The van der Waals surface area contributed by atoms with Gasteiger partial charge in [-0.15, -0.1) is 0 Å². The Kier molecular flexibility index (Phi) is 8.61. The molecule has 34 heavy (non-hydrogen) atoms. The zero-order valence-electron chi connectivity index (χ0n) is 18.7. The van der Waals surface area contributed by atoms with Crippen molar-refractivity contribution in [1.29, 1.82) is 0 Å². The molecule has 184 valence electrons. The third-order valence-corrected chi connectivity index (χ3v) is 5.72. The number of alkyl halides is 3. The molecule has 1 aliphatic heterocycles. The van der Waals surface area contributed by atoms with E-state index in [4.69, 9.17) is 5.73 Å². The van der Waals surface area contributed by atoms with E-state index < -0.39 is 18.2 Å². The number of amides is 2. The van der Waals surface area contributed by atoms with Crippen LogP contribution >= 0.6 is 0 Å². The summed E-state index contributed by atoms with van der Waals surface area (Å²) >= 11 is 0. The minimum Gasteiger partial charge on any atom is -0.450 e. The highest BCUT2D eigenvalue weighted by Crippen LogP contribution is 2.35. The zero-order chi connectivity index (χ0) is 24.6. The Hall–Kier alpha value is -3.43. The van der Waals surface area contributed by atoms with Crippen LogP contribution in [0.5, 0.6) is 0 Å². The number of carbonyl (C=O) groups is 2. The van der Waals surface area contributed by atoms with Gasteiger partial charge < -0.3 is 26.0 Å². The van der Waals surface area contributed by atoms with Crippen molar-refractivity contribution in [3.05, 3.63) is 54.1 Å². The number of anilines is 3. The second kappa shape index (κ2) is 11.6. The Morgan fingerprint density at radius 3 is 2.15 bits per heavy atom. The largest absolute Gasteiger partial charge is 0.450 e. The number of nitrogens with two attached hydrogens (primary N) is 1. The summed E-state index contributed by atoms with van der Waals surface area (Å²) in [6.07, 6.45) is -4.07. The lowest BCUT2D eigenvalue weighted by atomic mass is 9.96. The van der Waals surface area contributed by atoms with Crippen molar-refractivity contribution in [3.8, 4) is 0 Å². The van der Waals surface area contributed by atoms with Crippen molar-refractivity contribution in [2.24, 2.45) is 11.7 Å². The van der Waals surface area contributed by atoms with Crippen molar-refractivity contribution >= 4 is 29.1 Å². The molecule has 2 aromatic rings. The van der Waals surface area contributed by atoms with E-state index in [0.717, 1.165) is 22.6 Å². The maximum Gasteiger partial charge on any atom is 0.404 e. The van der Waals surface area contributed by atoms with E-state index in [1.165, 1.54) is 0 Å². The third-order valence-electron chi connectivity index (χ3n) is 5.72. The highest BCUT2D eigenvalue weighted by atomic mass is 19.4. The van der Waals surface area contributed by atoms with Crippen LogP contribution in [0.4, 0.5) is 35.0 Å². The Morgan fingerprint density at radius 1 is 1.00 bits per heavy atom. The van der Waals surface area contributed by atoms with E-state index in [9.17, 15) is 22.8 Å². The number of hydrogen-bond acceptors (Lipinski definition) is 5. The van der Waals surface area contributed by atoms with Gasteiger partial charge in [0, 0.05) is 43.1 Å². The first-order chi connectivity index (χ1) is 16.2. The van der Waals surface area contributed by atoms with Crippen LogP contribution in [-0.4, -0.2) is 37.9 Å². The average Bonchev–Trinajstić information content (AvgIpc) is 2.81. The van der Waals surface area contributed by atoms with Gasteiger partial charge >= 0.3 is 12.3 Å². The summed E-state index contributed by atoms with van der Waals surface area (Å²) in [7, 11) is 0. The zero-order valence-corrected chi connectivity index (χ0v) is 18.7. The maximum atomic E-state index is 12.9. The summed E-state index contributed by atoms with van der Waals surface area (Å²) in [5.41, 5.74) is 8.45. The summed E-state index contributed by atoms with van der Waals surface area (Å²) in [5.74, 6) is -1.35. The molecule has 10 heteroatoms. The molecule has 0 saturated carbocycles. The van der Waals surface area contributed by atoms with E-state index in [2.05, 4.69) is 15.4 Å². The number of halogens is 3. The lowest BCUT2D eigenvalue weighted by Gasteiger charge is -2.34. The van der Waals surface area contributed by atoms with Gasteiger partial charge in [-0.2, -0.15) is 13.2 Å². The van der Waals surface area contributed by atoms with E-state index >= 15 is 0 Å². The molecule has 0 radical (unpaired) electrons. The van der Waals surface area contributed by atoms with Crippen LogP contribution in [0.2, 0.25) is 0 Å². The van der Waals surface area contributed by atoms with Gasteiger partial charge in [0.25, 0.3) is 0 Å². The van der Waals surface area contributed by atoms with Crippen LogP contribution in [0.1, 0.15) is 31.2 Å². The summed E-state index contributed by atoms with van der Waals surface area (Å²) in [5, 5.41) is 6.10. The average molecular weight is 479 g/mol. The first-order valence-electron chi connectivity index (χ1n) is 11.2. The first-order valence-corrected chi connectivity index (χ1v) is 11.2. The molecule has 0 aliphatic carbocycles. The fourth-order valence-corrected chi connectivity index (χ4v) is 3.79. The number of primary amides is 1. The van der Waals surface area contributed by atoms with Crippen molar-refractivity contribution in [1.82, 2.24) is 5.32 Å². The van der Waals surface area contributed by atoms with Crippen LogP contribution in [0.3, 0.4) is 0 Å². The maximum absolute atomic E-state index is 12.9. The molecule has 1 heterocycles. The minimum absolute atomic E-state index is 0.112. The van der Waals surface area contributed by atoms with Crippen molar-refractivity contribution in [2.75, 3.05) is 29.9 Å². The molecular formula is C24H29F3N4O3. The normalized spacial score (nSPS) is 14.5. The van der Waals surface area contributed by atoms with Crippen LogP contribution in [0.15, 0.2) is 48.5 Å². The van der Waals surface area contributed by atoms with E-state index in [-0.39, 0.29) is 31.8 Å². The number of nitrogens with zero attached hydrogens (tertiary/aromatic N) is 1. The van der Waals surface area contributed by atoms with Gasteiger partial charge in [0.2, 0.25) is 5.91 Å². The minimum atomic E-state index is -4.11. The second-order valence-corrected chi connectivity index (χ2v) is 8.22. The molecule has 2 amide bonds. The number of carbonyl (C=O) groups excluding carboxylic acids is 2. The Bertz CT molecular complexity index is 941. The topological polar surface area (TPSA) is 96.7 Å². The lowest BCUT2D eigenvalue weighted by Crippen LogP contribution is -2.38. The fourth-order valence-electron chi connectivity index (χ4n) is 3.79. The molecule has 2 aromatic carbocycles.